The van der Waals surface area contributed by atoms with Gasteiger partial charge >= 0.3 is 5.97 Å². The number of carbonyl (C=O) groups excluding carboxylic acids is 2. The second kappa shape index (κ2) is 52.3. The molecule has 1 amide bonds. The number of phosphoric acid groups is 1. The zero-order valence-electron chi connectivity index (χ0n) is 47.5. The molecule has 0 spiro atoms. The van der Waals surface area contributed by atoms with Crippen LogP contribution >= 0.6 is 7.82 Å². The van der Waals surface area contributed by atoms with Crippen molar-refractivity contribution in [1.82, 2.24) is 5.32 Å². The third-order valence-electron chi connectivity index (χ3n) is 11.5. The zero-order chi connectivity index (χ0) is 54.3. The first-order valence-electron chi connectivity index (χ1n) is 28.6. The van der Waals surface area contributed by atoms with Crippen molar-refractivity contribution in [3.05, 3.63) is 146 Å². The predicted octanol–water partition coefficient (Wildman–Crippen LogP) is 16.9. The fourth-order valence-electron chi connectivity index (χ4n) is 7.16. The zero-order valence-corrected chi connectivity index (χ0v) is 48.4. The second-order valence-electron chi connectivity index (χ2n) is 19.7. The van der Waals surface area contributed by atoms with E-state index in [0.717, 1.165) is 103 Å². The van der Waals surface area contributed by atoms with Gasteiger partial charge in [-0.05, 0) is 115 Å². The number of esters is 1. The first kappa shape index (κ1) is 69.9. The Balaban J connectivity index is 5.50. The van der Waals surface area contributed by atoms with Crippen molar-refractivity contribution in [3.8, 4) is 0 Å². The number of rotatable bonds is 49. The number of phosphoric ester groups is 1. The van der Waals surface area contributed by atoms with E-state index in [-0.39, 0.29) is 25.4 Å². The molecule has 0 bridgehead atoms. The van der Waals surface area contributed by atoms with Gasteiger partial charge in [0.25, 0.3) is 7.82 Å². The summed E-state index contributed by atoms with van der Waals surface area (Å²) in [5, 5.41) is 2.95. The maximum absolute atomic E-state index is 13.4. The van der Waals surface area contributed by atoms with Gasteiger partial charge < -0.3 is 28.5 Å². The summed E-state index contributed by atoms with van der Waals surface area (Å²) in [6.07, 6.45) is 75.5. The van der Waals surface area contributed by atoms with E-state index in [2.05, 4.69) is 148 Å². The van der Waals surface area contributed by atoms with Crippen molar-refractivity contribution in [2.75, 3.05) is 40.9 Å². The lowest BCUT2D eigenvalue weighted by Crippen LogP contribution is -2.47. The van der Waals surface area contributed by atoms with Gasteiger partial charge in [-0.1, -0.05) is 212 Å². The molecule has 1 N–H and O–H groups in total. The Bertz CT molecular complexity index is 1770. The summed E-state index contributed by atoms with van der Waals surface area (Å²) in [5.74, 6) is -0.705. The Morgan fingerprint density at radius 3 is 1.32 bits per heavy atom. The van der Waals surface area contributed by atoms with Gasteiger partial charge in [0.15, 0.2) is 0 Å². The quantitative estimate of drug-likeness (QED) is 0.0212. The highest BCUT2D eigenvalue weighted by molar-refractivity contribution is 7.45. The van der Waals surface area contributed by atoms with Crippen molar-refractivity contribution in [2.45, 2.75) is 206 Å². The van der Waals surface area contributed by atoms with Crippen LogP contribution in [0.2, 0.25) is 0 Å². The summed E-state index contributed by atoms with van der Waals surface area (Å²) in [4.78, 5) is 39.8. The average molecular weight is 1050 g/mol. The van der Waals surface area contributed by atoms with Crippen molar-refractivity contribution >= 4 is 19.7 Å². The Labute approximate surface area is 453 Å². The van der Waals surface area contributed by atoms with Crippen LogP contribution in [0.3, 0.4) is 0 Å². The Morgan fingerprint density at radius 1 is 0.486 bits per heavy atom. The van der Waals surface area contributed by atoms with Gasteiger partial charge in [-0.15, -0.1) is 0 Å². The van der Waals surface area contributed by atoms with Gasteiger partial charge in [0, 0.05) is 12.8 Å². The topological polar surface area (TPSA) is 114 Å². The number of hydrogen-bond donors (Lipinski definition) is 1. The van der Waals surface area contributed by atoms with Crippen LogP contribution in [-0.4, -0.2) is 69.4 Å². The molecule has 74 heavy (non-hydrogen) atoms. The SMILES string of the molecule is CC/C=C\C/C=C\C/C=C\C/C=C\C/C=C\C/C=C\CCCCC(=O)OC(/C=C/CCCCCCCCCCC)C(COP(=O)([O-])OCC[N+](C)(C)C)NC(=O)CC/C=C/C/C=C/C/C=C/C/C=C/C/C=C/CC. The van der Waals surface area contributed by atoms with Crippen LogP contribution in [0.5, 0.6) is 0 Å². The molecule has 0 saturated heterocycles. The summed E-state index contributed by atoms with van der Waals surface area (Å²) < 4.78 is 30.1. The maximum atomic E-state index is 13.4. The van der Waals surface area contributed by atoms with Crippen molar-refractivity contribution in [1.29, 1.82) is 0 Å². The van der Waals surface area contributed by atoms with Gasteiger partial charge in [-0.25, -0.2) is 0 Å². The highest BCUT2D eigenvalue weighted by Gasteiger charge is 2.27. The number of allylic oxidation sites excluding steroid dienone is 23. The molecule has 9 nitrogen and oxygen atoms in total. The lowest BCUT2D eigenvalue weighted by Gasteiger charge is -2.30. The predicted molar refractivity (Wildman–Crippen MR) is 316 cm³/mol. The number of carbonyl (C=O) groups is 2. The molecule has 10 heteroatoms. The van der Waals surface area contributed by atoms with Crippen LogP contribution in [0, 0.1) is 0 Å². The number of nitrogens with zero attached hydrogens (tertiary/aromatic N) is 1. The van der Waals surface area contributed by atoms with Crippen molar-refractivity contribution in [2.24, 2.45) is 0 Å². The van der Waals surface area contributed by atoms with Crippen LogP contribution in [0.25, 0.3) is 0 Å². The van der Waals surface area contributed by atoms with E-state index in [1.54, 1.807) is 6.08 Å². The fraction of sp³-hybridized carbons (Fsp3) is 0.594. The largest absolute Gasteiger partial charge is 0.756 e. The molecule has 0 rings (SSSR count). The highest BCUT2D eigenvalue weighted by atomic mass is 31.2. The molecule has 418 valence electrons. The summed E-state index contributed by atoms with van der Waals surface area (Å²) in [6.45, 7) is 6.48. The lowest BCUT2D eigenvalue weighted by atomic mass is 10.1. The fourth-order valence-corrected chi connectivity index (χ4v) is 7.88. The summed E-state index contributed by atoms with van der Waals surface area (Å²) in [5.41, 5.74) is 0. The van der Waals surface area contributed by atoms with E-state index in [1.807, 2.05) is 39.4 Å². The van der Waals surface area contributed by atoms with E-state index in [9.17, 15) is 19.0 Å². The molecule has 0 heterocycles. The molecule has 0 aliphatic heterocycles. The van der Waals surface area contributed by atoms with Crippen LogP contribution < -0.4 is 10.2 Å². The van der Waals surface area contributed by atoms with Gasteiger partial charge in [-0.2, -0.15) is 0 Å². The molecule has 0 aliphatic rings. The van der Waals surface area contributed by atoms with Gasteiger partial charge in [0.1, 0.15) is 19.3 Å². The molecule has 0 aromatic rings. The first-order chi connectivity index (χ1) is 35.9. The first-order valence-corrected chi connectivity index (χ1v) is 30.1. The van der Waals surface area contributed by atoms with E-state index >= 15 is 0 Å². The van der Waals surface area contributed by atoms with Gasteiger partial charge in [-0.3, -0.25) is 14.2 Å². The number of likely N-dealkylation sites (N-methyl/N-ethyl adjacent to an activating group) is 1. The maximum Gasteiger partial charge on any atom is 0.306 e. The number of ether oxygens (including phenoxy) is 1. The summed E-state index contributed by atoms with van der Waals surface area (Å²) >= 11 is 0. The summed E-state index contributed by atoms with van der Waals surface area (Å²) in [6, 6.07) is -0.956. The molecule has 0 aromatic heterocycles. The molecule has 0 fully saturated rings. The minimum Gasteiger partial charge on any atom is -0.756 e. The molecule has 0 radical (unpaired) electrons. The van der Waals surface area contributed by atoms with Crippen LogP contribution in [0.1, 0.15) is 194 Å². The Hall–Kier alpha value is -4.11. The Morgan fingerprint density at radius 2 is 0.878 bits per heavy atom. The van der Waals surface area contributed by atoms with E-state index < -0.39 is 32.5 Å². The number of hydrogen-bond acceptors (Lipinski definition) is 7. The molecule has 0 saturated carbocycles. The standard InChI is InChI=1S/C64H105N2O7P/c1-7-10-13-16-19-22-25-27-29-31-32-33-34-35-37-39-42-45-48-51-54-57-64(68)73-62(55-52-49-46-43-40-24-21-18-15-12-9-3)61(60-72-74(69,70)71-59-58-66(4,5)6)65-63(67)56-53-50-47-44-41-38-36-30-28-26-23-20-17-14-11-8-2/h10-11,13-14,19-20,22-23,27-30,32-33,35,37-38,41-42,45,47,50,52,55,61-62H,7-9,12,15-18,21,24-26,31,34,36,39-40,43-44,46,48-49,51,53-54,56-60H2,1-6H3,(H-,65,67,69,70)/b13-10-,14-11+,22-19-,23-20+,29-27-,30-28+,33-32-,37-35-,41-38+,45-42-,50-47+,55-52+. The molecular weight excluding hydrogens is 940 g/mol. The normalized spacial score (nSPS) is 14.9. The minimum atomic E-state index is -4.73. The number of nitrogens with one attached hydrogen (secondary N) is 1. The van der Waals surface area contributed by atoms with E-state index in [4.69, 9.17) is 13.8 Å². The minimum absolute atomic E-state index is 0.0514. The Kier molecular flexibility index (Phi) is 49.4. The monoisotopic (exact) mass is 1040 g/mol. The third kappa shape index (κ3) is 52.7. The van der Waals surface area contributed by atoms with Gasteiger partial charge in [0.2, 0.25) is 5.91 Å². The smallest absolute Gasteiger partial charge is 0.306 e. The molecule has 3 atom stereocenters. The van der Waals surface area contributed by atoms with Crippen LogP contribution in [0.15, 0.2) is 146 Å². The van der Waals surface area contributed by atoms with E-state index in [0.29, 0.717) is 23.9 Å². The average Bonchev–Trinajstić information content (AvgIpc) is 3.36. The van der Waals surface area contributed by atoms with Crippen LogP contribution in [-0.2, 0) is 27.9 Å². The number of quaternary nitrogens is 1. The van der Waals surface area contributed by atoms with Crippen molar-refractivity contribution < 1.29 is 37.3 Å². The molecule has 0 aromatic carbocycles. The highest BCUT2D eigenvalue weighted by Crippen LogP contribution is 2.38. The lowest BCUT2D eigenvalue weighted by molar-refractivity contribution is -0.870. The summed E-state index contributed by atoms with van der Waals surface area (Å²) in [7, 11) is 1.09. The molecular formula is C64H105N2O7P. The van der Waals surface area contributed by atoms with Crippen molar-refractivity contribution in [3.63, 3.8) is 0 Å². The number of unbranched alkanes of at least 4 members (excludes halogenated alkanes) is 11. The molecule has 0 aliphatic carbocycles. The molecule has 3 unspecified atom stereocenters. The number of amides is 1. The van der Waals surface area contributed by atoms with E-state index in [1.165, 1.54) is 44.9 Å². The van der Waals surface area contributed by atoms with Crippen LogP contribution in [0.4, 0.5) is 0 Å². The second-order valence-corrected chi connectivity index (χ2v) is 21.1. The van der Waals surface area contributed by atoms with Gasteiger partial charge in [0.05, 0.1) is 33.8 Å². The third-order valence-corrected chi connectivity index (χ3v) is 12.5.